The molecule has 0 spiro atoms. The van der Waals surface area contributed by atoms with Gasteiger partial charge in [0.05, 0.1) is 0 Å². The van der Waals surface area contributed by atoms with E-state index in [2.05, 4.69) is 26.0 Å². The van der Waals surface area contributed by atoms with Crippen molar-refractivity contribution < 1.29 is 4.74 Å². The summed E-state index contributed by atoms with van der Waals surface area (Å²) in [5, 5.41) is 0. The summed E-state index contributed by atoms with van der Waals surface area (Å²) in [5.41, 5.74) is 3.47. The van der Waals surface area contributed by atoms with Crippen molar-refractivity contribution >= 4 is 0 Å². The summed E-state index contributed by atoms with van der Waals surface area (Å²) in [6.07, 6.45) is 36.5. The van der Waals surface area contributed by atoms with E-state index in [1.165, 1.54) is 141 Å². The molecule has 0 radical (unpaired) electrons. The SMILES string of the molecule is CCCC1CCC(C2CC=C(CCCOCCCC3=CCC(C4CCC(CCC)CC4)CC3)CC2)CC1. The van der Waals surface area contributed by atoms with Crippen LogP contribution in [0.15, 0.2) is 23.3 Å². The van der Waals surface area contributed by atoms with Gasteiger partial charge in [-0.05, 0) is 125 Å². The Labute approximate surface area is 231 Å². The minimum absolute atomic E-state index is 0.962. The van der Waals surface area contributed by atoms with Gasteiger partial charge in [-0.1, -0.05) is 88.5 Å². The largest absolute Gasteiger partial charge is 0.381 e. The summed E-state index contributed by atoms with van der Waals surface area (Å²) in [7, 11) is 0. The van der Waals surface area contributed by atoms with Gasteiger partial charge in [0, 0.05) is 13.2 Å². The maximum atomic E-state index is 6.05. The Morgan fingerprint density at radius 3 is 1.35 bits per heavy atom. The molecule has 2 atom stereocenters. The van der Waals surface area contributed by atoms with Crippen molar-refractivity contribution in [1.29, 1.82) is 0 Å². The second-order valence-electron chi connectivity index (χ2n) is 13.8. The molecule has 0 N–H and O–H groups in total. The molecule has 0 aromatic rings. The third-order valence-electron chi connectivity index (χ3n) is 11.2. The van der Waals surface area contributed by atoms with Crippen LogP contribution in [0.3, 0.4) is 0 Å². The van der Waals surface area contributed by atoms with E-state index >= 15 is 0 Å². The average Bonchev–Trinajstić information content (AvgIpc) is 2.94. The molecule has 1 heteroatoms. The Kier molecular flexibility index (Phi) is 13.1. The third kappa shape index (κ3) is 9.85. The fourth-order valence-electron chi connectivity index (χ4n) is 8.75. The molecule has 0 saturated heterocycles. The van der Waals surface area contributed by atoms with Gasteiger partial charge in [-0.25, -0.2) is 0 Å². The van der Waals surface area contributed by atoms with Gasteiger partial charge in [-0.15, -0.1) is 0 Å². The first-order chi connectivity index (χ1) is 18.2. The van der Waals surface area contributed by atoms with Crippen LogP contribution >= 0.6 is 0 Å². The van der Waals surface area contributed by atoms with Gasteiger partial charge in [-0.2, -0.15) is 0 Å². The molecule has 4 rings (SSSR count). The molecule has 2 saturated carbocycles. The highest BCUT2D eigenvalue weighted by Gasteiger charge is 2.29. The van der Waals surface area contributed by atoms with E-state index in [0.29, 0.717) is 0 Å². The Morgan fingerprint density at radius 1 is 0.568 bits per heavy atom. The Bertz CT molecular complexity index is 615. The van der Waals surface area contributed by atoms with Gasteiger partial charge in [0.15, 0.2) is 0 Å². The third-order valence-corrected chi connectivity index (χ3v) is 11.2. The molecule has 4 aliphatic rings. The topological polar surface area (TPSA) is 9.23 Å². The van der Waals surface area contributed by atoms with Crippen molar-refractivity contribution in [2.24, 2.45) is 35.5 Å². The lowest BCUT2D eigenvalue weighted by Crippen LogP contribution is -2.23. The molecule has 0 bridgehead atoms. The predicted molar refractivity (Wildman–Crippen MR) is 161 cm³/mol. The zero-order valence-corrected chi connectivity index (χ0v) is 25.0. The summed E-state index contributed by atoms with van der Waals surface area (Å²) >= 11 is 0. The van der Waals surface area contributed by atoms with Crippen LogP contribution in [0.4, 0.5) is 0 Å². The minimum Gasteiger partial charge on any atom is -0.381 e. The number of rotatable bonds is 14. The predicted octanol–water partition coefficient (Wildman–Crippen LogP) is 11.2. The van der Waals surface area contributed by atoms with Gasteiger partial charge in [0.1, 0.15) is 0 Å². The molecular formula is C36H62O. The van der Waals surface area contributed by atoms with E-state index in [-0.39, 0.29) is 0 Å². The normalized spacial score (nSPS) is 33.1. The molecule has 212 valence electrons. The Hall–Kier alpha value is -0.560. The van der Waals surface area contributed by atoms with Gasteiger partial charge in [-0.3, -0.25) is 0 Å². The highest BCUT2D eigenvalue weighted by atomic mass is 16.5. The first-order valence-electron chi connectivity index (χ1n) is 17.2. The van der Waals surface area contributed by atoms with Crippen molar-refractivity contribution in [2.75, 3.05) is 13.2 Å². The van der Waals surface area contributed by atoms with Crippen molar-refractivity contribution in [3.8, 4) is 0 Å². The van der Waals surface area contributed by atoms with Gasteiger partial charge in [0.25, 0.3) is 0 Å². The Morgan fingerprint density at radius 2 is 1.00 bits per heavy atom. The average molecular weight is 511 g/mol. The molecule has 0 heterocycles. The second-order valence-corrected chi connectivity index (χ2v) is 13.8. The van der Waals surface area contributed by atoms with E-state index in [0.717, 1.165) is 48.7 Å². The molecule has 2 fully saturated rings. The van der Waals surface area contributed by atoms with Crippen LogP contribution in [-0.4, -0.2) is 13.2 Å². The van der Waals surface area contributed by atoms with Crippen molar-refractivity contribution in [3.63, 3.8) is 0 Å². The lowest BCUT2D eigenvalue weighted by atomic mass is 9.70. The van der Waals surface area contributed by atoms with Crippen LogP contribution in [0.5, 0.6) is 0 Å². The first-order valence-corrected chi connectivity index (χ1v) is 17.2. The summed E-state index contributed by atoms with van der Waals surface area (Å²) < 4.78 is 6.05. The molecule has 2 unspecified atom stereocenters. The molecule has 0 aromatic carbocycles. The summed E-state index contributed by atoms with van der Waals surface area (Å²) in [5.74, 6) is 6.15. The van der Waals surface area contributed by atoms with Crippen molar-refractivity contribution in [2.45, 2.75) is 155 Å². The zero-order chi connectivity index (χ0) is 25.7. The maximum absolute atomic E-state index is 6.05. The molecule has 37 heavy (non-hydrogen) atoms. The van der Waals surface area contributed by atoms with Crippen LogP contribution < -0.4 is 0 Å². The van der Waals surface area contributed by atoms with E-state index in [1.54, 1.807) is 11.1 Å². The molecular weight excluding hydrogens is 448 g/mol. The van der Waals surface area contributed by atoms with E-state index in [4.69, 9.17) is 4.74 Å². The number of allylic oxidation sites excluding steroid dienone is 4. The highest BCUT2D eigenvalue weighted by Crippen LogP contribution is 2.42. The lowest BCUT2D eigenvalue weighted by Gasteiger charge is -2.35. The van der Waals surface area contributed by atoms with Crippen LogP contribution in [0.2, 0.25) is 0 Å². The summed E-state index contributed by atoms with van der Waals surface area (Å²) in [6.45, 7) is 6.63. The standard InChI is InChI=1S/C36H62O/c1-3-7-29-11-19-33(20-12-29)35-23-15-31(16-24-35)9-5-27-37-28-6-10-32-17-25-36(26-18-32)34-21-13-30(8-4-2)14-22-34/h15,17,29-30,33-36H,3-14,16,18-28H2,1-2H3. The number of ether oxygens (including phenoxy) is 1. The van der Waals surface area contributed by atoms with Crippen molar-refractivity contribution in [1.82, 2.24) is 0 Å². The molecule has 0 aliphatic heterocycles. The monoisotopic (exact) mass is 510 g/mol. The number of hydrogen-bond acceptors (Lipinski definition) is 1. The van der Waals surface area contributed by atoms with Gasteiger partial charge >= 0.3 is 0 Å². The fraction of sp³-hybridized carbons (Fsp3) is 0.889. The van der Waals surface area contributed by atoms with E-state index in [1.807, 2.05) is 0 Å². The molecule has 0 aromatic heterocycles. The number of hydrogen-bond donors (Lipinski definition) is 0. The first kappa shape index (κ1) is 29.4. The van der Waals surface area contributed by atoms with Crippen molar-refractivity contribution in [3.05, 3.63) is 23.3 Å². The van der Waals surface area contributed by atoms with E-state index in [9.17, 15) is 0 Å². The lowest BCUT2D eigenvalue weighted by molar-refractivity contribution is 0.128. The quantitative estimate of drug-likeness (QED) is 0.167. The van der Waals surface area contributed by atoms with Crippen LogP contribution in [-0.2, 0) is 4.74 Å². The molecule has 1 nitrogen and oxygen atoms in total. The summed E-state index contributed by atoms with van der Waals surface area (Å²) in [6, 6.07) is 0. The minimum atomic E-state index is 0.962. The second kappa shape index (κ2) is 16.5. The van der Waals surface area contributed by atoms with Crippen LogP contribution in [0.25, 0.3) is 0 Å². The van der Waals surface area contributed by atoms with Crippen LogP contribution in [0, 0.1) is 35.5 Å². The highest BCUT2D eigenvalue weighted by molar-refractivity contribution is 5.08. The van der Waals surface area contributed by atoms with E-state index < -0.39 is 0 Å². The molecule has 0 amide bonds. The van der Waals surface area contributed by atoms with Crippen LogP contribution in [0.1, 0.15) is 155 Å². The summed E-state index contributed by atoms with van der Waals surface area (Å²) in [4.78, 5) is 0. The van der Waals surface area contributed by atoms with Gasteiger partial charge < -0.3 is 4.74 Å². The fourth-order valence-corrected chi connectivity index (χ4v) is 8.75. The zero-order valence-electron chi connectivity index (χ0n) is 25.0. The smallest absolute Gasteiger partial charge is 0.0469 e. The Balaban J connectivity index is 0.994. The molecule has 4 aliphatic carbocycles. The van der Waals surface area contributed by atoms with Gasteiger partial charge in [0.2, 0.25) is 0 Å². The maximum Gasteiger partial charge on any atom is 0.0469 e.